The first-order chi connectivity index (χ1) is 7.91. The van der Waals surface area contributed by atoms with Crippen molar-refractivity contribution in [1.29, 1.82) is 0 Å². The molecule has 19 heavy (non-hydrogen) atoms. The molecule has 0 fully saturated rings. The maximum Gasteiger partial charge on any atom is 0.495 e. The average Bonchev–Trinajstić information content (AvgIpc) is 1.93. The van der Waals surface area contributed by atoms with E-state index in [0.717, 1.165) is 0 Å². The summed E-state index contributed by atoms with van der Waals surface area (Å²) in [6.07, 6.45) is -18.0. The molecule has 0 rings (SSSR count). The van der Waals surface area contributed by atoms with E-state index in [1.54, 1.807) is 0 Å². The highest BCUT2D eigenvalue weighted by Gasteiger charge is 2.67. The second-order valence-corrected chi connectivity index (χ2v) is 5.41. The second-order valence-electron chi connectivity index (χ2n) is 2.70. The third kappa shape index (κ3) is 5.52. The quantitative estimate of drug-likeness (QED) is 0.210. The van der Waals surface area contributed by atoms with Gasteiger partial charge in [-0.15, -0.1) is 8.78 Å². The van der Waals surface area contributed by atoms with Crippen LogP contribution in [0.4, 0.5) is 43.9 Å². The smallest absolute Gasteiger partial charge is 0.224 e. The molecule has 0 amide bonds. The molecular formula is C5F10I2O2. The van der Waals surface area contributed by atoms with Gasteiger partial charge in [0.15, 0.2) is 0 Å². The Labute approximate surface area is 125 Å². The molecule has 0 atom stereocenters. The molecule has 0 heterocycles. The van der Waals surface area contributed by atoms with Gasteiger partial charge in [-0.05, 0) is 0 Å². The van der Waals surface area contributed by atoms with Crippen molar-refractivity contribution in [2.75, 3.05) is 0 Å². The van der Waals surface area contributed by atoms with Gasteiger partial charge in [0.1, 0.15) is 0 Å². The SMILES string of the molecule is FC(F)(OC(F)(F)C(F)(F)I)OC(F)(F)C(F)(F)I. The molecule has 0 aliphatic heterocycles. The van der Waals surface area contributed by atoms with Crippen LogP contribution in [0.5, 0.6) is 0 Å². The molecular weight excluding hydrogens is 536 g/mol. The van der Waals surface area contributed by atoms with E-state index >= 15 is 0 Å². The van der Waals surface area contributed by atoms with Crippen molar-refractivity contribution in [2.45, 2.75) is 26.4 Å². The molecule has 0 aromatic carbocycles. The van der Waals surface area contributed by atoms with Crippen molar-refractivity contribution in [2.24, 2.45) is 0 Å². The standard InChI is InChI=1S/C5F10I2O2/c6-1(7,16)3(10,11)18-5(14,15)19-4(12,13)2(8,9)17. The summed E-state index contributed by atoms with van der Waals surface area (Å²) in [4.78, 5) is 0. The van der Waals surface area contributed by atoms with Crippen LogP contribution in [-0.2, 0) is 9.47 Å². The maximum absolute atomic E-state index is 12.4. The Balaban J connectivity index is 5.03. The van der Waals surface area contributed by atoms with Crippen LogP contribution in [0.1, 0.15) is 0 Å². The molecule has 0 aromatic rings. The van der Waals surface area contributed by atoms with E-state index in [2.05, 4.69) is 9.47 Å². The Bertz CT molecular complexity index is 291. The molecule has 0 saturated carbocycles. The normalized spacial score (nSPS) is 15.8. The van der Waals surface area contributed by atoms with Gasteiger partial charge in [-0.1, -0.05) is 0 Å². The van der Waals surface area contributed by atoms with Gasteiger partial charge in [-0.2, -0.15) is 35.1 Å². The lowest BCUT2D eigenvalue weighted by molar-refractivity contribution is -0.534. The molecule has 0 aliphatic carbocycles. The molecule has 0 spiro atoms. The summed E-state index contributed by atoms with van der Waals surface area (Å²) in [7, 11) is 0. The van der Waals surface area contributed by atoms with Crippen LogP contribution in [0, 0.1) is 0 Å². The summed E-state index contributed by atoms with van der Waals surface area (Å²) in [6, 6.07) is 0. The fraction of sp³-hybridized carbons (Fsp3) is 1.00. The zero-order valence-electron chi connectivity index (χ0n) is 7.85. The highest BCUT2D eigenvalue weighted by Crippen LogP contribution is 2.48. The highest BCUT2D eigenvalue weighted by molar-refractivity contribution is 14.1. The van der Waals surface area contributed by atoms with Crippen LogP contribution in [-0.4, -0.2) is 26.4 Å². The Morgan fingerprint density at radius 3 is 0.895 bits per heavy atom. The molecule has 0 unspecified atom stereocenters. The summed E-state index contributed by atoms with van der Waals surface area (Å²) < 4.78 is 116. The Morgan fingerprint density at radius 2 is 0.737 bits per heavy atom. The molecule has 14 heteroatoms. The van der Waals surface area contributed by atoms with E-state index in [4.69, 9.17) is 0 Å². The zero-order valence-corrected chi connectivity index (χ0v) is 12.2. The molecule has 0 radical (unpaired) electrons. The van der Waals surface area contributed by atoms with Crippen LogP contribution >= 0.6 is 45.2 Å². The van der Waals surface area contributed by atoms with Gasteiger partial charge >= 0.3 is 26.4 Å². The second kappa shape index (κ2) is 5.47. The predicted octanol–water partition coefficient (Wildman–Crippen LogP) is 4.81. The van der Waals surface area contributed by atoms with Crippen LogP contribution < -0.4 is 0 Å². The van der Waals surface area contributed by atoms with Gasteiger partial charge in [-0.3, -0.25) is 0 Å². The first-order valence-electron chi connectivity index (χ1n) is 3.58. The molecule has 0 aliphatic rings. The van der Waals surface area contributed by atoms with Crippen molar-refractivity contribution >= 4 is 45.2 Å². The van der Waals surface area contributed by atoms with Gasteiger partial charge in [0.05, 0.1) is 0 Å². The summed E-state index contributed by atoms with van der Waals surface area (Å²) in [5.41, 5.74) is 0. The fourth-order valence-electron chi connectivity index (χ4n) is 0.435. The molecule has 0 N–H and O–H groups in total. The van der Waals surface area contributed by atoms with E-state index in [-0.39, 0.29) is 45.2 Å². The van der Waals surface area contributed by atoms with Crippen LogP contribution in [0.25, 0.3) is 0 Å². The van der Waals surface area contributed by atoms with Crippen LogP contribution in [0.15, 0.2) is 0 Å². The van der Waals surface area contributed by atoms with Gasteiger partial charge in [-0.25, -0.2) is 9.47 Å². The summed E-state index contributed by atoms with van der Waals surface area (Å²) in [5, 5.41) is 0. The minimum atomic E-state index is -6.09. The van der Waals surface area contributed by atoms with E-state index in [9.17, 15) is 43.9 Å². The number of halogens is 12. The number of ether oxygens (including phenoxy) is 2. The lowest BCUT2D eigenvalue weighted by Gasteiger charge is -2.29. The largest absolute Gasteiger partial charge is 0.495 e. The minimum Gasteiger partial charge on any atom is -0.224 e. The summed E-state index contributed by atoms with van der Waals surface area (Å²) >= 11 is -0.643. The molecule has 0 aromatic heterocycles. The Morgan fingerprint density at radius 1 is 0.526 bits per heavy atom. The van der Waals surface area contributed by atoms with E-state index in [1.165, 1.54) is 0 Å². The minimum absolute atomic E-state index is 0.322. The van der Waals surface area contributed by atoms with E-state index < -0.39 is 26.4 Å². The van der Waals surface area contributed by atoms with Crippen molar-refractivity contribution in [3.63, 3.8) is 0 Å². The monoisotopic (exact) mass is 536 g/mol. The molecule has 0 bridgehead atoms. The zero-order chi connectivity index (χ0) is 15.9. The first kappa shape index (κ1) is 19.7. The number of alkyl halides is 12. The van der Waals surface area contributed by atoms with Crippen LogP contribution in [0.2, 0.25) is 0 Å². The number of hydrogen-bond donors (Lipinski definition) is 0. The third-order valence-corrected chi connectivity index (χ3v) is 2.41. The van der Waals surface area contributed by atoms with Gasteiger partial charge in [0, 0.05) is 45.2 Å². The summed E-state index contributed by atoms with van der Waals surface area (Å²) in [6.45, 7) is 0. The number of rotatable bonds is 6. The maximum atomic E-state index is 12.4. The highest BCUT2D eigenvalue weighted by atomic mass is 127. The topological polar surface area (TPSA) is 18.5 Å². The van der Waals surface area contributed by atoms with Crippen molar-refractivity contribution < 1.29 is 53.4 Å². The Kier molecular flexibility index (Phi) is 5.66. The average molecular weight is 536 g/mol. The van der Waals surface area contributed by atoms with Crippen molar-refractivity contribution in [1.82, 2.24) is 0 Å². The molecule has 2 nitrogen and oxygen atoms in total. The molecule has 0 saturated heterocycles. The fourth-order valence-corrected chi connectivity index (χ4v) is 0.655. The van der Waals surface area contributed by atoms with E-state index in [0.29, 0.717) is 0 Å². The van der Waals surface area contributed by atoms with Gasteiger partial charge in [0.25, 0.3) is 0 Å². The third-order valence-electron chi connectivity index (χ3n) is 1.15. The first-order valence-corrected chi connectivity index (χ1v) is 5.74. The predicted molar refractivity (Wildman–Crippen MR) is 54.9 cm³/mol. The van der Waals surface area contributed by atoms with Crippen LogP contribution in [0.3, 0.4) is 0 Å². The lowest BCUT2D eigenvalue weighted by Crippen LogP contribution is -2.50. The molecule has 116 valence electrons. The Hall–Kier alpha value is 0.680. The number of hydrogen-bond acceptors (Lipinski definition) is 2. The van der Waals surface area contributed by atoms with Gasteiger partial charge < -0.3 is 0 Å². The van der Waals surface area contributed by atoms with Crippen molar-refractivity contribution in [3.05, 3.63) is 0 Å². The van der Waals surface area contributed by atoms with Crippen molar-refractivity contribution in [3.8, 4) is 0 Å². The lowest BCUT2D eigenvalue weighted by atomic mass is 10.6. The van der Waals surface area contributed by atoms with Gasteiger partial charge in [0.2, 0.25) is 0 Å². The van der Waals surface area contributed by atoms with E-state index in [1.807, 2.05) is 0 Å². The summed E-state index contributed by atoms with van der Waals surface area (Å²) in [5.74, 6) is 0.